The Balaban J connectivity index is 1.11. The number of benzene rings is 1. The van der Waals surface area contributed by atoms with E-state index >= 15 is 0 Å². The van der Waals surface area contributed by atoms with E-state index in [1.165, 1.54) is 38.5 Å². The summed E-state index contributed by atoms with van der Waals surface area (Å²) in [5, 5.41) is 3.30. The van der Waals surface area contributed by atoms with Crippen LogP contribution < -0.4 is 15.0 Å². The van der Waals surface area contributed by atoms with Gasteiger partial charge in [0, 0.05) is 30.6 Å². The van der Waals surface area contributed by atoms with Crippen molar-refractivity contribution in [3.8, 4) is 11.6 Å². The predicted octanol–water partition coefficient (Wildman–Crippen LogP) is 5.22. The molecule has 178 valence electrons. The number of rotatable bonds is 5. The number of carbonyl (C=O) groups is 2. The van der Waals surface area contributed by atoms with Crippen LogP contribution in [-0.2, 0) is 16.1 Å². The molecule has 0 spiro atoms. The Hall–Kier alpha value is -2.89. The molecule has 1 aromatic carbocycles. The number of fused-ring (bicyclic) bond motifs is 2. The van der Waals surface area contributed by atoms with Gasteiger partial charge in [-0.15, -0.1) is 0 Å². The average molecular weight is 460 g/mol. The molecule has 6 heteroatoms. The average Bonchev–Trinajstić information content (AvgIpc) is 2.98. The highest BCUT2D eigenvalue weighted by Gasteiger charge is 2.53. The zero-order valence-corrected chi connectivity index (χ0v) is 19.8. The van der Waals surface area contributed by atoms with Crippen molar-refractivity contribution in [1.82, 2.24) is 10.3 Å². The summed E-state index contributed by atoms with van der Waals surface area (Å²) in [5.74, 6) is 3.58. The number of carbonyl (C=O) groups excluding carboxylic acids is 2. The lowest BCUT2D eigenvalue weighted by molar-refractivity contribution is -0.128. The molecule has 2 amide bonds. The molecule has 5 aliphatic rings. The molecule has 1 aliphatic heterocycles. The van der Waals surface area contributed by atoms with Crippen LogP contribution in [0.25, 0.3) is 0 Å². The highest BCUT2D eigenvalue weighted by molar-refractivity contribution is 5.96. The topological polar surface area (TPSA) is 71.5 Å². The minimum Gasteiger partial charge on any atom is -0.437 e. The molecule has 4 fully saturated rings. The van der Waals surface area contributed by atoms with Gasteiger partial charge in [-0.05, 0) is 86.8 Å². The van der Waals surface area contributed by atoms with E-state index in [-0.39, 0.29) is 36.1 Å². The van der Waals surface area contributed by atoms with E-state index < -0.39 is 0 Å². The normalized spacial score (nSPS) is 29.4. The van der Waals surface area contributed by atoms with Crippen LogP contribution in [0.3, 0.4) is 0 Å². The molecule has 0 radical (unpaired) electrons. The van der Waals surface area contributed by atoms with Crippen LogP contribution >= 0.6 is 0 Å². The molecule has 1 N–H and O–H groups in total. The molecule has 6 nitrogen and oxygen atoms in total. The number of hydrogen-bond acceptors (Lipinski definition) is 4. The summed E-state index contributed by atoms with van der Waals surface area (Å²) in [6.45, 7) is 2.59. The molecule has 4 aliphatic carbocycles. The first-order valence-electron chi connectivity index (χ1n) is 12.8. The molecule has 1 unspecified atom stereocenters. The van der Waals surface area contributed by atoms with E-state index in [4.69, 9.17) is 4.74 Å². The third kappa shape index (κ3) is 3.87. The third-order valence-electron chi connectivity index (χ3n) is 8.80. The van der Waals surface area contributed by atoms with E-state index in [0.29, 0.717) is 23.9 Å². The molecule has 34 heavy (non-hydrogen) atoms. The van der Waals surface area contributed by atoms with Gasteiger partial charge in [0.1, 0.15) is 11.4 Å². The van der Waals surface area contributed by atoms with Crippen LogP contribution in [0.2, 0.25) is 0 Å². The van der Waals surface area contributed by atoms with Gasteiger partial charge >= 0.3 is 0 Å². The van der Waals surface area contributed by atoms with Crippen molar-refractivity contribution < 1.29 is 14.3 Å². The van der Waals surface area contributed by atoms with Crippen molar-refractivity contribution in [3.05, 3.63) is 48.2 Å². The number of nitrogens with zero attached hydrogens (tertiary/aromatic N) is 2. The summed E-state index contributed by atoms with van der Waals surface area (Å²) in [7, 11) is 0. The van der Waals surface area contributed by atoms with E-state index in [0.717, 1.165) is 23.3 Å². The van der Waals surface area contributed by atoms with Gasteiger partial charge in [-0.3, -0.25) is 9.59 Å². The molecule has 2 heterocycles. The van der Waals surface area contributed by atoms with Gasteiger partial charge in [-0.2, -0.15) is 0 Å². The fourth-order valence-corrected chi connectivity index (χ4v) is 7.51. The number of pyridine rings is 1. The van der Waals surface area contributed by atoms with Crippen molar-refractivity contribution >= 4 is 17.5 Å². The van der Waals surface area contributed by atoms with Gasteiger partial charge in [0.05, 0.1) is 6.54 Å². The standard InChI is InChI=1S/C28H33N3O3/c1-18(28-14-19-11-20(15-28)13-21(12-19)16-28)30-25(32)8-9-26(33)31-17-22-5-2-3-7-24(22)34-27-23(31)6-4-10-29-27/h2-7,10,18-21H,8-9,11-17H2,1H3,(H,30,32). The Morgan fingerprint density at radius 3 is 2.50 bits per heavy atom. The predicted molar refractivity (Wildman–Crippen MR) is 129 cm³/mol. The molecular weight excluding hydrogens is 426 g/mol. The smallest absolute Gasteiger partial charge is 0.243 e. The summed E-state index contributed by atoms with van der Waals surface area (Å²) < 4.78 is 5.99. The van der Waals surface area contributed by atoms with Gasteiger partial charge in [-0.25, -0.2) is 4.98 Å². The highest BCUT2D eigenvalue weighted by Crippen LogP contribution is 2.61. The van der Waals surface area contributed by atoms with E-state index in [9.17, 15) is 9.59 Å². The van der Waals surface area contributed by atoms with Crippen molar-refractivity contribution in [1.29, 1.82) is 0 Å². The summed E-state index contributed by atoms with van der Waals surface area (Å²) >= 11 is 0. The third-order valence-corrected chi connectivity index (χ3v) is 8.80. The van der Waals surface area contributed by atoms with Crippen LogP contribution in [-0.4, -0.2) is 22.8 Å². The summed E-state index contributed by atoms with van der Waals surface area (Å²) in [6, 6.07) is 11.5. The Labute approximate surface area is 201 Å². The molecule has 4 saturated carbocycles. The molecule has 1 aromatic heterocycles. The second-order valence-electron chi connectivity index (χ2n) is 11.1. The van der Waals surface area contributed by atoms with Crippen molar-refractivity contribution in [2.75, 3.05) is 4.90 Å². The number of ether oxygens (including phenoxy) is 1. The second-order valence-corrected chi connectivity index (χ2v) is 11.1. The lowest BCUT2D eigenvalue weighted by atomic mass is 9.48. The first kappa shape index (κ1) is 21.6. The lowest BCUT2D eigenvalue weighted by Crippen LogP contribution is -2.55. The first-order chi connectivity index (χ1) is 16.5. The summed E-state index contributed by atoms with van der Waals surface area (Å²) in [4.78, 5) is 32.3. The second kappa shape index (κ2) is 8.40. The largest absolute Gasteiger partial charge is 0.437 e. The number of aromatic nitrogens is 1. The monoisotopic (exact) mass is 459 g/mol. The van der Waals surface area contributed by atoms with Gasteiger partial charge < -0.3 is 15.0 Å². The van der Waals surface area contributed by atoms with E-state index in [1.54, 1.807) is 17.2 Å². The molecule has 7 rings (SSSR count). The minimum absolute atomic E-state index is 0.0190. The van der Waals surface area contributed by atoms with E-state index in [2.05, 4.69) is 17.2 Å². The Morgan fingerprint density at radius 1 is 1.06 bits per heavy atom. The fourth-order valence-electron chi connectivity index (χ4n) is 7.51. The van der Waals surface area contributed by atoms with Gasteiger partial charge in [-0.1, -0.05) is 18.2 Å². The summed E-state index contributed by atoms with van der Waals surface area (Å²) in [6.07, 6.45) is 9.99. The molecule has 4 bridgehead atoms. The summed E-state index contributed by atoms with van der Waals surface area (Å²) in [5.41, 5.74) is 1.84. The molecule has 2 aromatic rings. The Kier molecular flexibility index (Phi) is 5.34. The van der Waals surface area contributed by atoms with Gasteiger partial charge in [0.15, 0.2) is 0 Å². The van der Waals surface area contributed by atoms with Crippen molar-refractivity contribution in [2.24, 2.45) is 23.2 Å². The van der Waals surface area contributed by atoms with Crippen molar-refractivity contribution in [2.45, 2.75) is 70.9 Å². The van der Waals surface area contributed by atoms with Crippen LogP contribution in [0, 0.1) is 23.2 Å². The number of anilines is 1. The highest BCUT2D eigenvalue weighted by atomic mass is 16.5. The fraction of sp³-hybridized carbons (Fsp3) is 0.536. The van der Waals surface area contributed by atoms with Crippen LogP contribution in [0.1, 0.15) is 63.9 Å². The minimum atomic E-state index is -0.0906. The Bertz CT molecular complexity index is 1080. The van der Waals surface area contributed by atoms with Crippen LogP contribution in [0.4, 0.5) is 5.69 Å². The van der Waals surface area contributed by atoms with Crippen LogP contribution in [0.5, 0.6) is 11.6 Å². The quantitative estimate of drug-likeness (QED) is 0.665. The molecular formula is C28H33N3O3. The molecule has 1 atom stereocenters. The zero-order chi connectivity index (χ0) is 23.3. The maximum Gasteiger partial charge on any atom is 0.243 e. The number of nitrogens with one attached hydrogen (secondary N) is 1. The van der Waals surface area contributed by atoms with Gasteiger partial charge in [0.2, 0.25) is 17.7 Å². The number of amides is 2. The van der Waals surface area contributed by atoms with Gasteiger partial charge in [0.25, 0.3) is 0 Å². The SMILES string of the molecule is CC(NC(=O)CCC(=O)N1Cc2ccccc2Oc2ncccc21)C12CC3CC(CC(C3)C1)C2. The van der Waals surface area contributed by atoms with Crippen LogP contribution in [0.15, 0.2) is 42.6 Å². The Morgan fingerprint density at radius 2 is 1.76 bits per heavy atom. The zero-order valence-electron chi connectivity index (χ0n) is 19.8. The first-order valence-corrected chi connectivity index (χ1v) is 12.8. The maximum atomic E-state index is 13.3. The number of hydrogen-bond donors (Lipinski definition) is 1. The lowest BCUT2D eigenvalue weighted by Gasteiger charge is -2.59. The van der Waals surface area contributed by atoms with Crippen molar-refractivity contribution in [3.63, 3.8) is 0 Å². The molecule has 0 saturated heterocycles. The number of para-hydroxylation sites is 1. The maximum absolute atomic E-state index is 13.3. The van der Waals surface area contributed by atoms with E-state index in [1.807, 2.05) is 30.3 Å².